The maximum atomic E-state index is 11.5. The van der Waals surface area contributed by atoms with Crippen LogP contribution in [0.2, 0.25) is 0 Å². The van der Waals surface area contributed by atoms with Crippen LogP contribution in [-0.4, -0.2) is 18.5 Å². The van der Waals surface area contributed by atoms with Crippen LogP contribution in [0.25, 0.3) is 11.3 Å². The molecule has 0 spiro atoms. The van der Waals surface area contributed by atoms with Crippen LogP contribution in [-0.2, 0) is 11.3 Å². The first-order chi connectivity index (χ1) is 10.5. The zero-order valence-electron chi connectivity index (χ0n) is 12.9. The highest BCUT2D eigenvalue weighted by molar-refractivity contribution is 9.10. The molecule has 1 heterocycles. The fourth-order valence-corrected chi connectivity index (χ4v) is 2.48. The fourth-order valence-electron chi connectivity index (χ4n) is 2.08. The van der Waals surface area contributed by atoms with Crippen molar-refractivity contribution >= 4 is 21.8 Å². The second-order valence-electron chi connectivity index (χ2n) is 5.43. The average Bonchev–Trinajstić information content (AvgIpc) is 2.92. The van der Waals surface area contributed by atoms with E-state index in [1.165, 1.54) is 0 Å². The summed E-state index contributed by atoms with van der Waals surface area (Å²) in [5, 5.41) is 6.08. The molecular weight excluding hydrogens is 344 g/mol. The number of carbonyl (C=O) groups is 1. The van der Waals surface area contributed by atoms with E-state index in [9.17, 15) is 4.79 Å². The van der Waals surface area contributed by atoms with Crippen molar-refractivity contribution in [3.05, 3.63) is 46.6 Å². The van der Waals surface area contributed by atoms with Crippen LogP contribution in [0.15, 0.2) is 45.3 Å². The number of furan rings is 1. The number of rotatable bonds is 7. The minimum Gasteiger partial charge on any atom is -0.460 e. The first-order valence-corrected chi connectivity index (χ1v) is 8.18. The highest BCUT2D eigenvalue weighted by atomic mass is 79.9. The van der Waals surface area contributed by atoms with Gasteiger partial charge in [-0.1, -0.05) is 28.1 Å². The minimum atomic E-state index is 0.0665. The molecule has 1 aromatic carbocycles. The Morgan fingerprint density at radius 1 is 1.27 bits per heavy atom. The van der Waals surface area contributed by atoms with Gasteiger partial charge in [-0.3, -0.25) is 4.79 Å². The van der Waals surface area contributed by atoms with Gasteiger partial charge in [0.25, 0.3) is 0 Å². The normalized spacial score (nSPS) is 10.9. The smallest absolute Gasteiger partial charge is 0.221 e. The zero-order valence-corrected chi connectivity index (χ0v) is 14.4. The van der Waals surface area contributed by atoms with Crippen molar-refractivity contribution in [1.29, 1.82) is 0 Å². The third kappa shape index (κ3) is 5.31. The molecule has 0 bridgehead atoms. The molecule has 0 fully saturated rings. The van der Waals surface area contributed by atoms with Crippen LogP contribution in [0.3, 0.4) is 0 Å². The Bertz CT molecular complexity index is 623. The fraction of sp³-hybridized carbons (Fsp3) is 0.353. The van der Waals surface area contributed by atoms with E-state index < -0.39 is 0 Å². The molecule has 0 aliphatic heterocycles. The number of benzene rings is 1. The van der Waals surface area contributed by atoms with Crippen LogP contribution >= 0.6 is 15.9 Å². The summed E-state index contributed by atoms with van der Waals surface area (Å²) in [6, 6.07) is 12.1. The third-order valence-electron chi connectivity index (χ3n) is 3.05. The van der Waals surface area contributed by atoms with E-state index in [1.54, 1.807) is 0 Å². The molecule has 2 N–H and O–H groups in total. The van der Waals surface area contributed by atoms with Gasteiger partial charge in [-0.25, -0.2) is 0 Å². The van der Waals surface area contributed by atoms with Gasteiger partial charge in [-0.15, -0.1) is 0 Å². The van der Waals surface area contributed by atoms with E-state index in [0.29, 0.717) is 19.5 Å². The van der Waals surface area contributed by atoms with Gasteiger partial charge in [-0.2, -0.15) is 0 Å². The second kappa shape index (κ2) is 8.15. The molecule has 118 valence electrons. The number of hydrogen-bond donors (Lipinski definition) is 2. The third-order valence-corrected chi connectivity index (χ3v) is 3.54. The number of nitrogens with one attached hydrogen (secondary N) is 2. The lowest BCUT2D eigenvalue weighted by Crippen LogP contribution is -2.32. The number of hydrogen-bond acceptors (Lipinski definition) is 3. The van der Waals surface area contributed by atoms with Gasteiger partial charge in [0.15, 0.2) is 0 Å². The summed E-state index contributed by atoms with van der Waals surface area (Å²) in [5.74, 6) is 1.77. The number of carbonyl (C=O) groups excluding carboxylic acids is 1. The lowest BCUT2D eigenvalue weighted by Gasteiger charge is -2.08. The molecule has 22 heavy (non-hydrogen) atoms. The summed E-state index contributed by atoms with van der Waals surface area (Å²) in [4.78, 5) is 11.5. The maximum absolute atomic E-state index is 11.5. The standard InChI is InChI=1S/C17H21BrN2O2/c1-12(2)20-17(21)8-9-19-11-15-6-7-16(22-15)13-4-3-5-14(18)10-13/h3-7,10,12,19H,8-9,11H2,1-2H3,(H,20,21). The zero-order chi connectivity index (χ0) is 15.9. The second-order valence-corrected chi connectivity index (χ2v) is 6.34. The van der Waals surface area contributed by atoms with Crippen molar-refractivity contribution in [3.63, 3.8) is 0 Å². The van der Waals surface area contributed by atoms with Crippen molar-refractivity contribution < 1.29 is 9.21 Å². The molecule has 1 aromatic heterocycles. The molecule has 0 saturated carbocycles. The molecule has 5 heteroatoms. The predicted octanol–water partition coefficient (Wildman–Crippen LogP) is 3.71. The van der Waals surface area contributed by atoms with E-state index in [2.05, 4.69) is 26.6 Å². The topological polar surface area (TPSA) is 54.3 Å². The van der Waals surface area contributed by atoms with Crippen LogP contribution in [0.5, 0.6) is 0 Å². The lowest BCUT2D eigenvalue weighted by molar-refractivity contribution is -0.121. The SMILES string of the molecule is CC(C)NC(=O)CCNCc1ccc(-c2cccc(Br)c2)o1. The molecule has 0 atom stereocenters. The highest BCUT2D eigenvalue weighted by Crippen LogP contribution is 2.24. The molecule has 0 unspecified atom stereocenters. The van der Waals surface area contributed by atoms with Gasteiger partial charge in [0.05, 0.1) is 6.54 Å². The maximum Gasteiger partial charge on any atom is 0.221 e. The predicted molar refractivity (Wildman–Crippen MR) is 91.4 cm³/mol. The summed E-state index contributed by atoms with van der Waals surface area (Å²) in [6.07, 6.45) is 0.470. The molecule has 4 nitrogen and oxygen atoms in total. The molecule has 0 aliphatic rings. The van der Waals surface area contributed by atoms with E-state index in [4.69, 9.17) is 4.42 Å². The van der Waals surface area contributed by atoms with Gasteiger partial charge in [0.1, 0.15) is 11.5 Å². The Kier molecular flexibility index (Phi) is 6.21. The summed E-state index contributed by atoms with van der Waals surface area (Å²) in [5.41, 5.74) is 1.04. The van der Waals surface area contributed by atoms with Crippen LogP contribution in [0.4, 0.5) is 0 Å². The molecular formula is C17H21BrN2O2. The van der Waals surface area contributed by atoms with Crippen LogP contribution in [0, 0.1) is 0 Å². The Morgan fingerprint density at radius 2 is 2.09 bits per heavy atom. The van der Waals surface area contributed by atoms with E-state index in [-0.39, 0.29) is 11.9 Å². The van der Waals surface area contributed by atoms with Crippen LogP contribution in [0.1, 0.15) is 26.0 Å². The average molecular weight is 365 g/mol. The Morgan fingerprint density at radius 3 is 2.82 bits per heavy atom. The monoisotopic (exact) mass is 364 g/mol. The number of halogens is 1. The Hall–Kier alpha value is -1.59. The summed E-state index contributed by atoms with van der Waals surface area (Å²) < 4.78 is 6.84. The quantitative estimate of drug-likeness (QED) is 0.736. The van der Waals surface area contributed by atoms with Gasteiger partial charge in [0, 0.05) is 29.0 Å². The van der Waals surface area contributed by atoms with Crippen molar-refractivity contribution in [2.75, 3.05) is 6.54 Å². The molecule has 0 aliphatic carbocycles. The van der Waals surface area contributed by atoms with Crippen molar-refractivity contribution in [2.45, 2.75) is 32.9 Å². The van der Waals surface area contributed by atoms with Gasteiger partial charge < -0.3 is 15.1 Å². The summed E-state index contributed by atoms with van der Waals surface area (Å²) in [7, 11) is 0. The molecule has 2 aromatic rings. The Labute approximate surface area is 139 Å². The molecule has 1 amide bonds. The minimum absolute atomic E-state index is 0.0665. The molecule has 0 saturated heterocycles. The van der Waals surface area contributed by atoms with E-state index >= 15 is 0 Å². The number of amides is 1. The molecule has 2 rings (SSSR count). The summed E-state index contributed by atoms with van der Waals surface area (Å²) >= 11 is 3.46. The van der Waals surface area contributed by atoms with Crippen molar-refractivity contribution in [2.24, 2.45) is 0 Å². The van der Waals surface area contributed by atoms with E-state index in [1.807, 2.05) is 50.2 Å². The first-order valence-electron chi connectivity index (χ1n) is 7.39. The first kappa shape index (κ1) is 16.8. The Balaban J connectivity index is 1.79. The van der Waals surface area contributed by atoms with Gasteiger partial charge >= 0.3 is 0 Å². The van der Waals surface area contributed by atoms with Crippen LogP contribution < -0.4 is 10.6 Å². The van der Waals surface area contributed by atoms with Crippen molar-refractivity contribution in [1.82, 2.24) is 10.6 Å². The lowest BCUT2D eigenvalue weighted by atomic mass is 10.2. The summed E-state index contributed by atoms with van der Waals surface area (Å²) in [6.45, 7) is 5.16. The highest BCUT2D eigenvalue weighted by Gasteiger charge is 2.06. The molecule has 0 radical (unpaired) electrons. The van der Waals surface area contributed by atoms with Gasteiger partial charge in [-0.05, 0) is 38.1 Å². The van der Waals surface area contributed by atoms with Gasteiger partial charge in [0.2, 0.25) is 5.91 Å². The largest absolute Gasteiger partial charge is 0.460 e. The van der Waals surface area contributed by atoms with Crippen molar-refractivity contribution in [3.8, 4) is 11.3 Å². The van der Waals surface area contributed by atoms with E-state index in [0.717, 1.165) is 21.6 Å².